The lowest BCUT2D eigenvalue weighted by Gasteiger charge is -2.32. The second-order valence-electron chi connectivity index (χ2n) is 4.51. The largest absolute Gasteiger partial charge is 0.374 e. The van der Waals surface area contributed by atoms with E-state index in [1.807, 2.05) is 18.2 Å². The van der Waals surface area contributed by atoms with E-state index >= 15 is 0 Å². The SMILES string of the molecule is CC1(C(Cc2ccccn2)NN)CCCO1. The Morgan fingerprint density at radius 3 is 3.06 bits per heavy atom. The summed E-state index contributed by atoms with van der Waals surface area (Å²) in [5.41, 5.74) is 3.75. The van der Waals surface area contributed by atoms with Crippen LogP contribution in [0, 0.1) is 0 Å². The Labute approximate surface area is 96.2 Å². The molecule has 88 valence electrons. The van der Waals surface area contributed by atoms with Gasteiger partial charge in [0.25, 0.3) is 0 Å². The molecule has 1 saturated heterocycles. The molecule has 1 aromatic rings. The maximum atomic E-state index is 5.80. The van der Waals surface area contributed by atoms with Crippen molar-refractivity contribution in [3.05, 3.63) is 30.1 Å². The first-order valence-electron chi connectivity index (χ1n) is 5.74. The Hall–Kier alpha value is -0.970. The van der Waals surface area contributed by atoms with E-state index in [0.717, 1.165) is 31.6 Å². The van der Waals surface area contributed by atoms with Gasteiger partial charge in [0.15, 0.2) is 0 Å². The van der Waals surface area contributed by atoms with Gasteiger partial charge in [-0.25, -0.2) is 0 Å². The fourth-order valence-electron chi connectivity index (χ4n) is 2.25. The first-order valence-corrected chi connectivity index (χ1v) is 5.74. The quantitative estimate of drug-likeness (QED) is 0.589. The highest BCUT2D eigenvalue weighted by Crippen LogP contribution is 2.29. The Morgan fingerprint density at radius 1 is 1.62 bits per heavy atom. The van der Waals surface area contributed by atoms with E-state index in [0.29, 0.717) is 0 Å². The van der Waals surface area contributed by atoms with Crippen molar-refractivity contribution < 1.29 is 4.74 Å². The fourth-order valence-corrected chi connectivity index (χ4v) is 2.25. The summed E-state index contributed by atoms with van der Waals surface area (Å²) in [6.45, 7) is 2.95. The maximum Gasteiger partial charge on any atom is 0.0824 e. The van der Waals surface area contributed by atoms with Crippen molar-refractivity contribution >= 4 is 0 Å². The minimum absolute atomic E-state index is 0.116. The van der Waals surface area contributed by atoms with E-state index in [2.05, 4.69) is 17.3 Å². The van der Waals surface area contributed by atoms with Crippen LogP contribution < -0.4 is 11.3 Å². The van der Waals surface area contributed by atoms with Gasteiger partial charge in [-0.15, -0.1) is 0 Å². The summed E-state index contributed by atoms with van der Waals surface area (Å²) >= 11 is 0. The molecule has 1 aromatic heterocycles. The lowest BCUT2D eigenvalue weighted by atomic mass is 9.90. The fraction of sp³-hybridized carbons (Fsp3) is 0.583. The van der Waals surface area contributed by atoms with Crippen LogP contribution in [0.5, 0.6) is 0 Å². The first kappa shape index (κ1) is 11.5. The second-order valence-corrected chi connectivity index (χ2v) is 4.51. The molecule has 2 atom stereocenters. The summed E-state index contributed by atoms with van der Waals surface area (Å²) < 4.78 is 5.80. The zero-order valence-electron chi connectivity index (χ0n) is 9.65. The normalized spacial score (nSPS) is 26.9. The number of nitrogens with one attached hydrogen (secondary N) is 1. The molecule has 0 aliphatic carbocycles. The summed E-state index contributed by atoms with van der Waals surface area (Å²) in [6, 6.07) is 6.04. The van der Waals surface area contributed by atoms with Gasteiger partial charge in [0.05, 0.1) is 11.6 Å². The first-order chi connectivity index (χ1) is 7.74. The van der Waals surface area contributed by atoms with Crippen LogP contribution in [-0.2, 0) is 11.2 Å². The van der Waals surface area contributed by atoms with Crippen molar-refractivity contribution in [1.82, 2.24) is 10.4 Å². The molecule has 2 heterocycles. The molecule has 0 bridgehead atoms. The highest BCUT2D eigenvalue weighted by Gasteiger charge is 2.37. The molecule has 2 rings (SSSR count). The van der Waals surface area contributed by atoms with Gasteiger partial charge in [0.1, 0.15) is 0 Å². The van der Waals surface area contributed by atoms with Crippen molar-refractivity contribution in [3.63, 3.8) is 0 Å². The van der Waals surface area contributed by atoms with Crippen LogP contribution in [0.2, 0.25) is 0 Å². The van der Waals surface area contributed by atoms with E-state index in [9.17, 15) is 0 Å². The molecular formula is C12H19N3O. The lowest BCUT2D eigenvalue weighted by Crippen LogP contribution is -2.52. The molecule has 0 radical (unpaired) electrons. The number of aromatic nitrogens is 1. The topological polar surface area (TPSA) is 60.2 Å². The number of ether oxygens (including phenoxy) is 1. The third-order valence-electron chi connectivity index (χ3n) is 3.33. The summed E-state index contributed by atoms with van der Waals surface area (Å²) in [6.07, 6.45) is 4.76. The summed E-state index contributed by atoms with van der Waals surface area (Å²) in [5, 5.41) is 0. The van der Waals surface area contributed by atoms with E-state index in [1.54, 1.807) is 6.20 Å². The highest BCUT2D eigenvalue weighted by molar-refractivity contribution is 5.08. The highest BCUT2D eigenvalue weighted by atomic mass is 16.5. The summed E-state index contributed by atoms with van der Waals surface area (Å²) in [7, 11) is 0. The van der Waals surface area contributed by atoms with E-state index < -0.39 is 0 Å². The van der Waals surface area contributed by atoms with Gasteiger partial charge in [-0.2, -0.15) is 0 Å². The molecule has 3 N–H and O–H groups in total. The number of pyridine rings is 1. The van der Waals surface area contributed by atoms with Crippen LogP contribution in [0.25, 0.3) is 0 Å². The van der Waals surface area contributed by atoms with Gasteiger partial charge < -0.3 is 4.74 Å². The van der Waals surface area contributed by atoms with Crippen LogP contribution in [0.1, 0.15) is 25.5 Å². The van der Waals surface area contributed by atoms with Crippen molar-refractivity contribution in [2.24, 2.45) is 5.84 Å². The molecule has 1 fully saturated rings. The van der Waals surface area contributed by atoms with E-state index in [1.165, 1.54) is 0 Å². The van der Waals surface area contributed by atoms with Gasteiger partial charge in [-0.05, 0) is 31.9 Å². The average Bonchev–Trinajstić information content (AvgIpc) is 2.75. The molecule has 4 heteroatoms. The predicted molar refractivity (Wildman–Crippen MR) is 62.6 cm³/mol. The van der Waals surface area contributed by atoms with E-state index in [-0.39, 0.29) is 11.6 Å². The Kier molecular flexibility index (Phi) is 3.53. The molecule has 2 unspecified atom stereocenters. The number of nitrogens with zero attached hydrogens (tertiary/aromatic N) is 1. The van der Waals surface area contributed by atoms with Gasteiger partial charge in [0.2, 0.25) is 0 Å². The van der Waals surface area contributed by atoms with Crippen molar-refractivity contribution in [1.29, 1.82) is 0 Å². The lowest BCUT2D eigenvalue weighted by molar-refractivity contribution is -0.0117. The molecule has 0 spiro atoms. The van der Waals surface area contributed by atoms with Crippen molar-refractivity contribution in [2.75, 3.05) is 6.61 Å². The van der Waals surface area contributed by atoms with Gasteiger partial charge in [-0.3, -0.25) is 16.3 Å². The molecule has 1 aliphatic heterocycles. The summed E-state index contributed by atoms with van der Waals surface area (Å²) in [4.78, 5) is 4.32. The van der Waals surface area contributed by atoms with Crippen molar-refractivity contribution in [2.45, 2.75) is 37.8 Å². The summed E-state index contributed by atoms with van der Waals surface area (Å²) in [5.74, 6) is 5.63. The number of hydrogen-bond donors (Lipinski definition) is 2. The molecule has 0 aromatic carbocycles. The molecule has 0 amide bonds. The van der Waals surface area contributed by atoms with Gasteiger partial charge in [0, 0.05) is 24.9 Å². The van der Waals surface area contributed by atoms with E-state index in [4.69, 9.17) is 10.6 Å². The van der Waals surface area contributed by atoms with Gasteiger partial charge >= 0.3 is 0 Å². The van der Waals surface area contributed by atoms with Crippen LogP contribution >= 0.6 is 0 Å². The molecule has 16 heavy (non-hydrogen) atoms. The molecule has 4 nitrogen and oxygen atoms in total. The number of hydrazine groups is 1. The zero-order valence-corrected chi connectivity index (χ0v) is 9.65. The van der Waals surface area contributed by atoms with Gasteiger partial charge in [-0.1, -0.05) is 6.07 Å². The number of rotatable bonds is 4. The van der Waals surface area contributed by atoms with Crippen LogP contribution in [0.15, 0.2) is 24.4 Å². The third-order valence-corrected chi connectivity index (χ3v) is 3.33. The smallest absolute Gasteiger partial charge is 0.0824 e. The number of nitrogens with two attached hydrogens (primary N) is 1. The van der Waals surface area contributed by atoms with Crippen LogP contribution in [0.4, 0.5) is 0 Å². The monoisotopic (exact) mass is 221 g/mol. The van der Waals surface area contributed by atoms with Crippen LogP contribution in [0.3, 0.4) is 0 Å². The Morgan fingerprint density at radius 2 is 2.50 bits per heavy atom. The minimum Gasteiger partial charge on any atom is -0.374 e. The minimum atomic E-state index is -0.160. The standard InChI is InChI=1S/C12H19N3O/c1-12(6-4-8-16-12)11(15-13)9-10-5-2-3-7-14-10/h2-3,5,7,11,15H,4,6,8-9,13H2,1H3. The molecule has 0 saturated carbocycles. The Balaban J connectivity index is 2.06. The molecule has 1 aliphatic rings. The second kappa shape index (κ2) is 4.91. The zero-order chi connectivity index (χ0) is 11.4. The number of hydrogen-bond acceptors (Lipinski definition) is 4. The van der Waals surface area contributed by atoms with Crippen molar-refractivity contribution in [3.8, 4) is 0 Å². The van der Waals surface area contributed by atoms with Crippen LogP contribution in [-0.4, -0.2) is 23.2 Å². The average molecular weight is 221 g/mol. The maximum absolute atomic E-state index is 5.80. The Bertz CT molecular complexity index is 322. The molecular weight excluding hydrogens is 202 g/mol. The predicted octanol–water partition coefficient (Wildman–Crippen LogP) is 1.03. The third kappa shape index (κ3) is 2.40.